The molecule has 0 heterocycles. The molecule has 72 valence electrons. The smallest absolute Gasteiger partial charge is 0.143 e. The van der Waals surface area contributed by atoms with Crippen molar-refractivity contribution in [3.05, 3.63) is 33.0 Å². The molecule has 0 saturated heterocycles. The van der Waals surface area contributed by atoms with Crippen LogP contribution in [0.1, 0.15) is 29.7 Å². The highest BCUT2D eigenvalue weighted by molar-refractivity contribution is 9.10. The van der Waals surface area contributed by atoms with Gasteiger partial charge in [0.25, 0.3) is 0 Å². The van der Waals surface area contributed by atoms with Crippen molar-refractivity contribution >= 4 is 15.9 Å². The lowest BCUT2D eigenvalue weighted by atomic mass is 9.99. The van der Waals surface area contributed by atoms with Gasteiger partial charge in [-0.25, -0.2) is 4.39 Å². The lowest BCUT2D eigenvalue weighted by Gasteiger charge is -2.13. The highest BCUT2D eigenvalue weighted by Crippen LogP contribution is 2.29. The number of hydrogen-bond acceptors (Lipinski definition) is 1. The van der Waals surface area contributed by atoms with Gasteiger partial charge in [-0.1, -0.05) is 0 Å². The number of benzene rings is 1. The predicted octanol–water partition coefficient (Wildman–Crippen LogP) is 3.26. The first-order valence-corrected chi connectivity index (χ1v) is 4.87. The number of halogens is 2. The van der Waals surface area contributed by atoms with E-state index in [2.05, 4.69) is 15.9 Å². The second-order valence-corrected chi connectivity index (χ2v) is 4.06. The fraction of sp³-hybridized carbons (Fsp3) is 0.400. The van der Waals surface area contributed by atoms with Gasteiger partial charge in [-0.2, -0.15) is 0 Å². The molecule has 1 atom stereocenters. The van der Waals surface area contributed by atoms with Crippen LogP contribution in [0, 0.1) is 19.7 Å². The topological polar surface area (TPSA) is 20.2 Å². The van der Waals surface area contributed by atoms with Crippen molar-refractivity contribution in [3.8, 4) is 0 Å². The van der Waals surface area contributed by atoms with Crippen LogP contribution in [-0.2, 0) is 0 Å². The van der Waals surface area contributed by atoms with Crippen molar-refractivity contribution in [1.29, 1.82) is 0 Å². The van der Waals surface area contributed by atoms with Crippen LogP contribution in [0.4, 0.5) is 4.39 Å². The van der Waals surface area contributed by atoms with Gasteiger partial charge in [-0.15, -0.1) is 0 Å². The van der Waals surface area contributed by atoms with E-state index in [-0.39, 0.29) is 5.82 Å². The molecular weight excluding hydrogens is 235 g/mol. The fourth-order valence-electron chi connectivity index (χ4n) is 1.36. The van der Waals surface area contributed by atoms with Crippen molar-refractivity contribution in [2.24, 2.45) is 0 Å². The Morgan fingerprint density at radius 3 is 2.46 bits per heavy atom. The summed E-state index contributed by atoms with van der Waals surface area (Å²) in [6, 6.07) is 1.72. The Labute approximate surface area is 85.7 Å². The van der Waals surface area contributed by atoms with E-state index in [0.29, 0.717) is 10.0 Å². The first kappa shape index (κ1) is 10.7. The van der Waals surface area contributed by atoms with Crippen LogP contribution in [-0.4, -0.2) is 5.11 Å². The van der Waals surface area contributed by atoms with Gasteiger partial charge in [0.15, 0.2) is 0 Å². The summed E-state index contributed by atoms with van der Waals surface area (Å²) < 4.78 is 13.9. The Hall–Kier alpha value is -0.410. The number of aliphatic hydroxyl groups excluding tert-OH is 1. The van der Waals surface area contributed by atoms with Gasteiger partial charge in [0.1, 0.15) is 5.82 Å². The molecular formula is C10H12BrFO. The monoisotopic (exact) mass is 246 g/mol. The molecule has 0 aliphatic carbocycles. The molecule has 0 amide bonds. The normalized spacial score (nSPS) is 13.1. The molecule has 0 radical (unpaired) electrons. The molecule has 1 unspecified atom stereocenters. The van der Waals surface area contributed by atoms with E-state index >= 15 is 0 Å². The van der Waals surface area contributed by atoms with Crippen LogP contribution in [0.15, 0.2) is 10.5 Å². The Bertz CT molecular complexity index is 308. The minimum Gasteiger partial charge on any atom is -0.389 e. The molecule has 1 nitrogen and oxygen atoms in total. The SMILES string of the molecule is Cc1cc(Br)c(F)c(C(C)O)c1C. The Morgan fingerprint density at radius 2 is 2.00 bits per heavy atom. The third-order valence-electron chi connectivity index (χ3n) is 2.20. The summed E-state index contributed by atoms with van der Waals surface area (Å²) in [6.45, 7) is 5.27. The maximum atomic E-state index is 13.5. The first-order valence-electron chi connectivity index (χ1n) is 4.08. The second kappa shape index (κ2) is 3.76. The van der Waals surface area contributed by atoms with E-state index in [4.69, 9.17) is 0 Å². The molecule has 1 aromatic carbocycles. The van der Waals surface area contributed by atoms with E-state index < -0.39 is 6.10 Å². The fourth-order valence-corrected chi connectivity index (χ4v) is 1.92. The minimum atomic E-state index is -0.767. The number of hydrogen-bond donors (Lipinski definition) is 1. The Balaban J connectivity index is 3.46. The van der Waals surface area contributed by atoms with E-state index in [0.717, 1.165) is 11.1 Å². The standard InChI is InChI=1S/C10H12BrFO/c1-5-4-8(11)10(12)9(6(5)2)7(3)13/h4,7,13H,1-3H3. The van der Waals surface area contributed by atoms with Crippen molar-refractivity contribution in [1.82, 2.24) is 0 Å². The van der Waals surface area contributed by atoms with Crippen molar-refractivity contribution in [3.63, 3.8) is 0 Å². The molecule has 0 aliphatic rings. The van der Waals surface area contributed by atoms with Crippen LogP contribution in [0.3, 0.4) is 0 Å². The van der Waals surface area contributed by atoms with Gasteiger partial charge >= 0.3 is 0 Å². The Kier molecular flexibility index (Phi) is 3.09. The van der Waals surface area contributed by atoms with Gasteiger partial charge < -0.3 is 5.11 Å². The molecule has 1 N–H and O–H groups in total. The largest absolute Gasteiger partial charge is 0.389 e. The van der Waals surface area contributed by atoms with Gasteiger partial charge in [-0.3, -0.25) is 0 Å². The molecule has 0 fully saturated rings. The van der Waals surface area contributed by atoms with Crippen LogP contribution in [0.2, 0.25) is 0 Å². The summed E-state index contributed by atoms with van der Waals surface area (Å²) in [7, 11) is 0. The van der Waals surface area contributed by atoms with Crippen LogP contribution in [0.5, 0.6) is 0 Å². The average Bonchev–Trinajstić information content (AvgIpc) is 2.01. The van der Waals surface area contributed by atoms with E-state index in [1.807, 2.05) is 13.8 Å². The molecule has 0 aromatic heterocycles. The van der Waals surface area contributed by atoms with Crippen molar-refractivity contribution in [2.75, 3.05) is 0 Å². The lowest BCUT2D eigenvalue weighted by Crippen LogP contribution is -2.02. The number of aryl methyl sites for hydroxylation is 1. The summed E-state index contributed by atoms with van der Waals surface area (Å²) in [6.07, 6.45) is -0.767. The lowest BCUT2D eigenvalue weighted by molar-refractivity contribution is 0.193. The molecule has 0 bridgehead atoms. The highest BCUT2D eigenvalue weighted by Gasteiger charge is 2.15. The molecule has 13 heavy (non-hydrogen) atoms. The van der Waals surface area contributed by atoms with Crippen LogP contribution < -0.4 is 0 Å². The average molecular weight is 247 g/mol. The maximum absolute atomic E-state index is 13.5. The van der Waals surface area contributed by atoms with Gasteiger partial charge in [-0.05, 0) is 53.9 Å². The summed E-state index contributed by atoms with van der Waals surface area (Å²) in [4.78, 5) is 0. The second-order valence-electron chi connectivity index (χ2n) is 3.20. The zero-order chi connectivity index (χ0) is 10.2. The van der Waals surface area contributed by atoms with Gasteiger partial charge in [0.05, 0.1) is 10.6 Å². The Morgan fingerprint density at radius 1 is 1.46 bits per heavy atom. The van der Waals surface area contributed by atoms with Crippen molar-refractivity contribution < 1.29 is 9.50 Å². The predicted molar refractivity (Wildman–Crippen MR) is 54.2 cm³/mol. The van der Waals surface area contributed by atoms with E-state index in [1.165, 1.54) is 0 Å². The third kappa shape index (κ3) is 1.92. The van der Waals surface area contributed by atoms with Crippen LogP contribution in [0.25, 0.3) is 0 Å². The summed E-state index contributed by atoms with van der Waals surface area (Å²) in [5, 5.41) is 9.37. The zero-order valence-corrected chi connectivity index (χ0v) is 9.44. The molecule has 1 aromatic rings. The summed E-state index contributed by atoms with van der Waals surface area (Å²) in [5.74, 6) is -0.363. The zero-order valence-electron chi connectivity index (χ0n) is 7.86. The quantitative estimate of drug-likeness (QED) is 0.807. The molecule has 0 saturated carbocycles. The van der Waals surface area contributed by atoms with Crippen LogP contribution >= 0.6 is 15.9 Å². The number of rotatable bonds is 1. The molecule has 1 rings (SSSR count). The summed E-state index contributed by atoms with van der Waals surface area (Å²) >= 11 is 3.11. The number of aliphatic hydroxyl groups is 1. The first-order chi connectivity index (χ1) is 5.95. The van der Waals surface area contributed by atoms with E-state index in [1.54, 1.807) is 13.0 Å². The highest BCUT2D eigenvalue weighted by atomic mass is 79.9. The third-order valence-corrected chi connectivity index (χ3v) is 2.78. The van der Waals surface area contributed by atoms with E-state index in [9.17, 15) is 9.50 Å². The maximum Gasteiger partial charge on any atom is 0.143 e. The van der Waals surface area contributed by atoms with Crippen molar-refractivity contribution in [2.45, 2.75) is 26.9 Å². The van der Waals surface area contributed by atoms with Gasteiger partial charge in [0, 0.05) is 5.56 Å². The molecule has 0 aliphatic heterocycles. The minimum absolute atomic E-state index is 0.363. The summed E-state index contributed by atoms with van der Waals surface area (Å²) in [5.41, 5.74) is 2.17. The van der Waals surface area contributed by atoms with Gasteiger partial charge in [0.2, 0.25) is 0 Å². The molecule has 0 spiro atoms. The molecule has 3 heteroatoms.